The minimum Gasteiger partial charge on any atom is -0.463 e. The van der Waals surface area contributed by atoms with Crippen LogP contribution in [0.15, 0.2) is 94.0 Å². The largest absolute Gasteiger partial charge is 0.463 e. The normalized spacial score (nSPS) is 15.2. The number of hydrogen-bond acceptors (Lipinski definition) is 5. The van der Waals surface area contributed by atoms with E-state index in [1.807, 2.05) is 54.7 Å². The van der Waals surface area contributed by atoms with Crippen LogP contribution in [0.25, 0.3) is 17.0 Å². The molecule has 0 radical (unpaired) electrons. The summed E-state index contributed by atoms with van der Waals surface area (Å²) in [5.41, 5.74) is 5.67. The maximum absolute atomic E-state index is 14.2. The molecule has 3 heterocycles. The Kier molecular flexibility index (Phi) is 8.38. The summed E-state index contributed by atoms with van der Waals surface area (Å²) < 4.78 is 9.74. The van der Waals surface area contributed by atoms with E-state index in [1.54, 1.807) is 24.5 Å². The third-order valence-corrected chi connectivity index (χ3v) is 9.60. The summed E-state index contributed by atoms with van der Waals surface area (Å²) in [6, 6.07) is 21.1. The molecule has 1 unspecified atom stereocenters. The quantitative estimate of drug-likeness (QED) is 0.176. The summed E-state index contributed by atoms with van der Waals surface area (Å²) in [5, 5.41) is 2.04. The van der Waals surface area contributed by atoms with Crippen LogP contribution in [0.4, 0.5) is 0 Å². The van der Waals surface area contributed by atoms with Crippen molar-refractivity contribution in [2.24, 2.45) is 4.99 Å². The topological polar surface area (TPSA) is 65.6 Å². The molecule has 0 saturated carbocycles. The van der Waals surface area contributed by atoms with Crippen molar-refractivity contribution in [3.8, 4) is 0 Å². The summed E-state index contributed by atoms with van der Waals surface area (Å²) in [5.74, 6) is -0.113. The molecule has 44 heavy (non-hydrogen) atoms. The number of halogens is 2. The molecule has 6 rings (SSSR count). The molecule has 1 aliphatic rings. The number of carbonyl (C=O) groups is 1. The Morgan fingerprint density at radius 2 is 1.82 bits per heavy atom. The van der Waals surface area contributed by atoms with Crippen molar-refractivity contribution < 1.29 is 9.53 Å². The fraction of sp³-hybridized carbons (Fsp3) is 0.229. The Morgan fingerprint density at radius 1 is 1.07 bits per heavy atom. The SMILES string of the molecule is CCOC(=O)C1=C(C)N=c2sc(=Cc3cn(Cc4ccc(Cl)c(Cl)c4)c4ccccc34)c(=O)n2C1c1ccc(C(C)C)cc1. The zero-order valence-electron chi connectivity index (χ0n) is 24.8. The van der Waals surface area contributed by atoms with Crippen LogP contribution in [0.2, 0.25) is 10.0 Å². The van der Waals surface area contributed by atoms with Crippen molar-refractivity contribution in [3.05, 3.63) is 136 Å². The minimum absolute atomic E-state index is 0.206. The van der Waals surface area contributed by atoms with E-state index >= 15 is 0 Å². The van der Waals surface area contributed by atoms with Crippen molar-refractivity contribution in [1.29, 1.82) is 0 Å². The monoisotopic (exact) mass is 643 g/mol. The van der Waals surface area contributed by atoms with Gasteiger partial charge in [0, 0.05) is 29.2 Å². The maximum atomic E-state index is 14.2. The summed E-state index contributed by atoms with van der Waals surface area (Å²) in [6.07, 6.45) is 3.96. The Bertz CT molecular complexity index is 2120. The fourth-order valence-corrected chi connectivity index (χ4v) is 7.03. The molecule has 0 bridgehead atoms. The number of rotatable bonds is 7. The molecule has 224 valence electrons. The number of nitrogens with zero attached hydrogens (tertiary/aromatic N) is 3. The van der Waals surface area contributed by atoms with Crippen molar-refractivity contribution in [1.82, 2.24) is 9.13 Å². The lowest BCUT2D eigenvalue weighted by Crippen LogP contribution is -2.39. The van der Waals surface area contributed by atoms with E-state index in [9.17, 15) is 9.59 Å². The average Bonchev–Trinajstić information content (AvgIpc) is 3.50. The average molecular weight is 645 g/mol. The molecular formula is C35H31Cl2N3O3S. The number of hydrogen-bond donors (Lipinski definition) is 0. The molecule has 5 aromatic rings. The molecular weight excluding hydrogens is 613 g/mol. The van der Waals surface area contributed by atoms with E-state index in [1.165, 1.54) is 16.9 Å². The highest BCUT2D eigenvalue weighted by Gasteiger charge is 2.33. The highest BCUT2D eigenvalue weighted by molar-refractivity contribution is 7.07. The highest BCUT2D eigenvalue weighted by atomic mass is 35.5. The van der Waals surface area contributed by atoms with Crippen molar-refractivity contribution in [2.75, 3.05) is 6.61 Å². The number of fused-ring (bicyclic) bond motifs is 2. The van der Waals surface area contributed by atoms with Gasteiger partial charge in [-0.2, -0.15) is 0 Å². The third kappa shape index (κ3) is 5.56. The molecule has 6 nitrogen and oxygen atoms in total. The van der Waals surface area contributed by atoms with Gasteiger partial charge in [-0.1, -0.05) is 96.9 Å². The molecule has 0 saturated heterocycles. The molecule has 0 amide bonds. The first-order valence-corrected chi connectivity index (χ1v) is 16.0. The number of aromatic nitrogens is 2. The molecule has 3 aromatic carbocycles. The van der Waals surface area contributed by atoms with Crippen molar-refractivity contribution in [2.45, 2.75) is 46.2 Å². The molecule has 0 N–H and O–H groups in total. The third-order valence-electron chi connectivity index (χ3n) is 7.88. The molecule has 2 aromatic heterocycles. The molecule has 1 atom stereocenters. The Balaban J connectivity index is 1.50. The number of carbonyl (C=O) groups excluding carboxylic acids is 1. The second-order valence-corrected chi connectivity index (χ2v) is 12.9. The second-order valence-electron chi connectivity index (χ2n) is 11.1. The lowest BCUT2D eigenvalue weighted by Gasteiger charge is -2.25. The van der Waals surface area contributed by atoms with Gasteiger partial charge in [-0.05, 0) is 60.7 Å². The van der Waals surface area contributed by atoms with Gasteiger partial charge in [0.05, 0.1) is 38.5 Å². The predicted octanol–water partition coefficient (Wildman–Crippen LogP) is 7.23. The predicted molar refractivity (Wildman–Crippen MR) is 178 cm³/mol. The molecule has 0 spiro atoms. The summed E-state index contributed by atoms with van der Waals surface area (Å²) >= 11 is 13.7. The summed E-state index contributed by atoms with van der Waals surface area (Å²) in [7, 11) is 0. The van der Waals surface area contributed by atoms with Gasteiger partial charge in [-0.25, -0.2) is 9.79 Å². The van der Waals surface area contributed by atoms with Gasteiger partial charge < -0.3 is 9.30 Å². The Hall–Kier alpha value is -3.91. The number of para-hydroxylation sites is 1. The first-order valence-electron chi connectivity index (χ1n) is 14.5. The molecule has 0 aliphatic carbocycles. The second kappa shape index (κ2) is 12.2. The van der Waals surface area contributed by atoms with E-state index < -0.39 is 12.0 Å². The maximum Gasteiger partial charge on any atom is 0.338 e. The molecule has 0 fully saturated rings. The van der Waals surface area contributed by atoms with E-state index in [-0.39, 0.29) is 12.2 Å². The van der Waals surface area contributed by atoms with Crippen molar-refractivity contribution in [3.63, 3.8) is 0 Å². The molecule has 9 heteroatoms. The van der Waals surface area contributed by atoms with Gasteiger partial charge in [0.1, 0.15) is 0 Å². The lowest BCUT2D eigenvalue weighted by atomic mass is 9.93. The first-order chi connectivity index (χ1) is 21.2. The summed E-state index contributed by atoms with van der Waals surface area (Å²) in [6.45, 7) is 8.65. The van der Waals surface area contributed by atoms with Crippen LogP contribution in [-0.4, -0.2) is 21.7 Å². The van der Waals surface area contributed by atoms with Crippen LogP contribution in [0, 0.1) is 0 Å². The van der Waals surface area contributed by atoms with Gasteiger partial charge >= 0.3 is 5.97 Å². The number of benzene rings is 3. The van der Waals surface area contributed by atoms with E-state index in [0.717, 1.165) is 27.6 Å². The van der Waals surface area contributed by atoms with Gasteiger partial charge in [0.25, 0.3) is 5.56 Å². The number of allylic oxidation sites excluding steroid dienone is 1. The number of ether oxygens (including phenoxy) is 1. The fourth-order valence-electron chi connectivity index (χ4n) is 5.67. The highest BCUT2D eigenvalue weighted by Crippen LogP contribution is 2.32. The standard InChI is InChI=1S/C35H31Cl2N3O3S/c1-5-43-34(42)31-21(4)38-35-40(32(31)24-13-11-23(12-14-24)20(2)3)33(41)30(44-35)17-25-19-39(29-9-7-6-8-26(25)29)18-22-10-15-27(36)28(37)16-22/h6-17,19-20,32H,5,18H2,1-4H3. The van der Waals surface area contributed by atoms with Gasteiger partial charge in [-0.3, -0.25) is 9.36 Å². The van der Waals surface area contributed by atoms with Crippen LogP contribution in [0.5, 0.6) is 0 Å². The zero-order chi connectivity index (χ0) is 31.1. The number of esters is 1. The van der Waals surface area contributed by atoms with Crippen molar-refractivity contribution >= 4 is 57.5 Å². The Morgan fingerprint density at radius 3 is 2.52 bits per heavy atom. The summed E-state index contributed by atoms with van der Waals surface area (Å²) in [4.78, 5) is 32.7. The van der Waals surface area contributed by atoms with E-state index in [2.05, 4.69) is 36.6 Å². The van der Waals surface area contributed by atoms with E-state index in [4.69, 9.17) is 32.9 Å². The van der Waals surface area contributed by atoms with Crippen LogP contribution < -0.4 is 14.9 Å². The lowest BCUT2D eigenvalue weighted by molar-refractivity contribution is -0.139. The van der Waals surface area contributed by atoms with Crippen LogP contribution in [-0.2, 0) is 16.1 Å². The van der Waals surface area contributed by atoms with Crippen LogP contribution in [0.3, 0.4) is 0 Å². The van der Waals surface area contributed by atoms with Gasteiger partial charge in [0.15, 0.2) is 4.80 Å². The first kappa shape index (κ1) is 30.1. The van der Waals surface area contributed by atoms with Crippen LogP contribution >= 0.6 is 34.5 Å². The minimum atomic E-state index is -0.648. The number of thiazole rings is 1. The van der Waals surface area contributed by atoms with Gasteiger partial charge in [0.2, 0.25) is 0 Å². The Labute approximate surface area is 269 Å². The smallest absolute Gasteiger partial charge is 0.338 e. The van der Waals surface area contributed by atoms with E-state index in [0.29, 0.717) is 43.1 Å². The zero-order valence-corrected chi connectivity index (χ0v) is 27.1. The van der Waals surface area contributed by atoms with Crippen LogP contribution in [0.1, 0.15) is 61.9 Å². The van der Waals surface area contributed by atoms with Gasteiger partial charge in [-0.15, -0.1) is 0 Å². The molecule has 1 aliphatic heterocycles.